The fraction of sp³-hybridized carbons (Fsp3) is 0.0698. The quantitative estimate of drug-likeness (QED) is 0.204. The molecule has 6 aromatic carbocycles. The summed E-state index contributed by atoms with van der Waals surface area (Å²) in [5.41, 5.74) is 15.3. The van der Waals surface area contributed by atoms with Crippen molar-refractivity contribution in [3.63, 3.8) is 0 Å². The van der Waals surface area contributed by atoms with Gasteiger partial charge in [-0.2, -0.15) is 0 Å². The van der Waals surface area contributed by atoms with Crippen LogP contribution in [0.5, 0.6) is 0 Å². The van der Waals surface area contributed by atoms with Crippen molar-refractivity contribution in [3.05, 3.63) is 169 Å². The molecule has 45 heavy (non-hydrogen) atoms. The Hall–Kier alpha value is -5.60. The zero-order valence-corrected chi connectivity index (χ0v) is 25.4. The van der Waals surface area contributed by atoms with E-state index in [2.05, 4.69) is 135 Å². The molecule has 0 radical (unpaired) electrons. The van der Waals surface area contributed by atoms with Gasteiger partial charge in [0.2, 0.25) is 0 Å². The smallest absolute Gasteiger partial charge is 0.160 e. The van der Waals surface area contributed by atoms with Crippen LogP contribution in [0.1, 0.15) is 25.0 Å². The summed E-state index contributed by atoms with van der Waals surface area (Å²) in [5, 5.41) is 0. The van der Waals surface area contributed by atoms with E-state index in [1.807, 2.05) is 36.4 Å². The first kappa shape index (κ1) is 27.0. The number of aromatic nitrogens is 2. The molecule has 0 fully saturated rings. The predicted molar refractivity (Wildman–Crippen MR) is 187 cm³/mol. The van der Waals surface area contributed by atoms with Crippen LogP contribution in [-0.2, 0) is 5.41 Å². The third-order valence-corrected chi connectivity index (χ3v) is 9.10. The van der Waals surface area contributed by atoms with Crippen LogP contribution in [0.2, 0.25) is 0 Å². The third-order valence-electron chi connectivity index (χ3n) is 9.10. The molecule has 7 aromatic rings. The lowest BCUT2D eigenvalue weighted by Gasteiger charge is -2.24. The van der Waals surface area contributed by atoms with Gasteiger partial charge in [0.1, 0.15) is 0 Å². The van der Waals surface area contributed by atoms with Crippen LogP contribution in [0.4, 0.5) is 0 Å². The zero-order valence-electron chi connectivity index (χ0n) is 25.4. The fourth-order valence-corrected chi connectivity index (χ4v) is 6.86. The second-order valence-electron chi connectivity index (χ2n) is 12.3. The van der Waals surface area contributed by atoms with Gasteiger partial charge in [0.25, 0.3) is 0 Å². The first-order valence-corrected chi connectivity index (χ1v) is 15.5. The van der Waals surface area contributed by atoms with Crippen molar-refractivity contribution in [2.24, 2.45) is 0 Å². The number of hydrogen-bond donors (Lipinski definition) is 0. The summed E-state index contributed by atoms with van der Waals surface area (Å²) >= 11 is 0. The molecule has 0 N–H and O–H groups in total. The summed E-state index contributed by atoms with van der Waals surface area (Å²) in [6, 6.07) is 55.9. The Morgan fingerprint density at radius 1 is 0.378 bits per heavy atom. The van der Waals surface area contributed by atoms with Crippen molar-refractivity contribution >= 4 is 0 Å². The van der Waals surface area contributed by atoms with Crippen LogP contribution in [-0.4, -0.2) is 9.97 Å². The number of rotatable bonds is 5. The van der Waals surface area contributed by atoms with Gasteiger partial charge in [-0.3, -0.25) is 0 Å². The first-order valence-electron chi connectivity index (χ1n) is 15.5. The van der Waals surface area contributed by atoms with E-state index >= 15 is 0 Å². The van der Waals surface area contributed by atoms with Gasteiger partial charge in [-0.25, -0.2) is 9.97 Å². The molecule has 2 nitrogen and oxygen atoms in total. The molecule has 0 unspecified atom stereocenters. The van der Waals surface area contributed by atoms with E-state index in [4.69, 9.17) is 9.97 Å². The van der Waals surface area contributed by atoms with Crippen molar-refractivity contribution in [2.45, 2.75) is 19.3 Å². The van der Waals surface area contributed by atoms with Gasteiger partial charge in [-0.15, -0.1) is 0 Å². The summed E-state index contributed by atoms with van der Waals surface area (Å²) in [4.78, 5) is 10.0. The fourth-order valence-electron chi connectivity index (χ4n) is 6.86. The van der Waals surface area contributed by atoms with Gasteiger partial charge in [0.05, 0.1) is 11.4 Å². The Kier molecular flexibility index (Phi) is 6.50. The third kappa shape index (κ3) is 4.76. The van der Waals surface area contributed by atoms with Crippen molar-refractivity contribution in [1.82, 2.24) is 9.97 Å². The maximum Gasteiger partial charge on any atom is 0.160 e. The highest BCUT2D eigenvalue weighted by atomic mass is 14.9. The lowest BCUT2D eigenvalue weighted by atomic mass is 9.78. The summed E-state index contributed by atoms with van der Waals surface area (Å²) in [5.74, 6) is 0.720. The molecule has 0 atom stereocenters. The van der Waals surface area contributed by atoms with Gasteiger partial charge in [-0.05, 0) is 56.6 Å². The minimum Gasteiger partial charge on any atom is -0.228 e. The van der Waals surface area contributed by atoms with E-state index in [1.54, 1.807) is 0 Å². The molecule has 0 bridgehead atoms. The predicted octanol–water partition coefficient (Wildman–Crippen LogP) is 11.1. The number of fused-ring (bicyclic) bond motifs is 3. The van der Waals surface area contributed by atoms with Gasteiger partial charge >= 0.3 is 0 Å². The van der Waals surface area contributed by atoms with E-state index in [-0.39, 0.29) is 5.41 Å². The molecule has 2 heteroatoms. The summed E-state index contributed by atoms with van der Waals surface area (Å²) in [6.07, 6.45) is 0. The Labute approximate surface area is 264 Å². The Morgan fingerprint density at radius 2 is 0.889 bits per heavy atom. The Balaban J connectivity index is 1.17. The van der Waals surface area contributed by atoms with Crippen molar-refractivity contribution < 1.29 is 0 Å². The first-order chi connectivity index (χ1) is 22.1. The summed E-state index contributed by atoms with van der Waals surface area (Å²) in [7, 11) is 0. The number of benzene rings is 6. The van der Waals surface area contributed by atoms with Crippen LogP contribution in [0.3, 0.4) is 0 Å². The molecule has 1 aromatic heterocycles. The normalized spacial score (nSPS) is 12.8. The van der Waals surface area contributed by atoms with E-state index in [1.165, 1.54) is 44.5 Å². The second kappa shape index (κ2) is 10.8. The second-order valence-corrected chi connectivity index (χ2v) is 12.3. The maximum atomic E-state index is 5.01. The molecule has 0 saturated carbocycles. The Bertz CT molecular complexity index is 2100. The van der Waals surface area contributed by atoms with Crippen molar-refractivity contribution in [1.29, 1.82) is 0 Å². The van der Waals surface area contributed by atoms with Crippen molar-refractivity contribution in [2.75, 3.05) is 0 Å². The van der Waals surface area contributed by atoms with E-state index < -0.39 is 0 Å². The summed E-state index contributed by atoms with van der Waals surface area (Å²) in [6.45, 7) is 4.70. The average molecular weight is 577 g/mol. The molecule has 1 aliphatic rings. The lowest BCUT2D eigenvalue weighted by molar-refractivity contribution is 0.662. The minimum absolute atomic E-state index is 0.0624. The molecule has 1 heterocycles. The molecule has 0 saturated heterocycles. The molecule has 8 rings (SSSR count). The molecular formula is C43H32N2. The standard InChI is InChI=1S/C43H32N2/c1-43(2)38-22-10-9-19-36(38)37-21-12-20-35(41(37)43)34-18-11-17-33(27-34)29-23-25-32(26-24-29)42-44-39(30-13-5-3-6-14-30)28-40(45-42)31-15-7-4-8-16-31/h3-28H,1-2H3. The van der Waals surface area contributed by atoms with Crippen LogP contribution in [0.25, 0.3) is 67.3 Å². The van der Waals surface area contributed by atoms with E-state index in [9.17, 15) is 0 Å². The van der Waals surface area contributed by atoms with Gasteiger partial charge in [0.15, 0.2) is 5.82 Å². The van der Waals surface area contributed by atoms with Crippen LogP contribution in [0.15, 0.2) is 158 Å². The highest BCUT2D eigenvalue weighted by Crippen LogP contribution is 2.52. The monoisotopic (exact) mass is 576 g/mol. The Morgan fingerprint density at radius 3 is 1.58 bits per heavy atom. The maximum absolute atomic E-state index is 5.01. The molecule has 214 valence electrons. The van der Waals surface area contributed by atoms with Crippen LogP contribution >= 0.6 is 0 Å². The van der Waals surface area contributed by atoms with Gasteiger partial charge in [-0.1, -0.05) is 159 Å². The number of nitrogens with zero attached hydrogens (tertiary/aromatic N) is 2. The SMILES string of the molecule is CC1(C)c2ccccc2-c2cccc(-c3cccc(-c4ccc(-c5nc(-c6ccccc6)cc(-c6ccccc6)n5)cc4)c3)c21. The minimum atomic E-state index is -0.0624. The molecule has 0 spiro atoms. The largest absolute Gasteiger partial charge is 0.228 e. The molecule has 1 aliphatic carbocycles. The lowest BCUT2D eigenvalue weighted by Crippen LogP contribution is -2.16. The van der Waals surface area contributed by atoms with Gasteiger partial charge in [0, 0.05) is 22.1 Å². The van der Waals surface area contributed by atoms with E-state index in [0.717, 1.165) is 33.9 Å². The number of hydrogen-bond acceptors (Lipinski definition) is 2. The molecule has 0 aliphatic heterocycles. The highest BCUT2D eigenvalue weighted by molar-refractivity contribution is 5.89. The topological polar surface area (TPSA) is 25.8 Å². The van der Waals surface area contributed by atoms with Gasteiger partial charge < -0.3 is 0 Å². The molecular weight excluding hydrogens is 544 g/mol. The highest BCUT2D eigenvalue weighted by Gasteiger charge is 2.37. The average Bonchev–Trinajstić information content (AvgIpc) is 3.35. The van der Waals surface area contributed by atoms with Crippen LogP contribution in [0, 0.1) is 0 Å². The van der Waals surface area contributed by atoms with Crippen LogP contribution < -0.4 is 0 Å². The molecule has 0 amide bonds. The summed E-state index contributed by atoms with van der Waals surface area (Å²) < 4.78 is 0. The van der Waals surface area contributed by atoms with E-state index in [0.29, 0.717) is 0 Å². The van der Waals surface area contributed by atoms with Crippen molar-refractivity contribution in [3.8, 4) is 67.3 Å². The zero-order chi connectivity index (χ0) is 30.4.